The summed E-state index contributed by atoms with van der Waals surface area (Å²) in [4.78, 5) is 0. The third kappa shape index (κ3) is 5.50. The largest absolute Gasteiger partial charge is 0.382 e. The number of hydrogen-bond acceptors (Lipinski definition) is 10. The summed E-state index contributed by atoms with van der Waals surface area (Å²) in [5, 5.41) is 6.51. The first-order valence-electron chi connectivity index (χ1n) is 10.4. The molecule has 0 spiro atoms. The lowest BCUT2D eigenvalue weighted by Gasteiger charge is -2.49. The zero-order valence-corrected chi connectivity index (χ0v) is 19.5. The second-order valence-electron chi connectivity index (χ2n) is 7.72. The third-order valence-electron chi connectivity index (χ3n) is 6.10. The van der Waals surface area contributed by atoms with E-state index in [0.29, 0.717) is 13.2 Å². The van der Waals surface area contributed by atoms with Crippen LogP contribution < -0.4 is 10.6 Å². The van der Waals surface area contributed by atoms with Crippen molar-refractivity contribution in [3.05, 3.63) is 0 Å². The maximum absolute atomic E-state index is 6.54. The summed E-state index contributed by atoms with van der Waals surface area (Å²) in [5.41, 5.74) is 0. The van der Waals surface area contributed by atoms with E-state index in [2.05, 4.69) is 17.6 Å². The predicted octanol–water partition coefficient (Wildman–Crippen LogP) is -0.397. The summed E-state index contributed by atoms with van der Waals surface area (Å²) < 4.78 is 46.9. The molecule has 2 heterocycles. The lowest BCUT2D eigenvalue weighted by molar-refractivity contribution is -0.329. The van der Waals surface area contributed by atoms with Gasteiger partial charge in [-0.2, -0.15) is 0 Å². The molecule has 0 aromatic rings. The first-order chi connectivity index (χ1) is 14.5. The number of hydrogen-bond donors (Lipinski definition) is 2. The van der Waals surface area contributed by atoms with Crippen LogP contribution in [0.25, 0.3) is 0 Å². The fourth-order valence-electron chi connectivity index (χ4n) is 4.51. The summed E-state index contributed by atoms with van der Waals surface area (Å²) in [6.45, 7) is 2.86. The highest BCUT2D eigenvalue weighted by Gasteiger charge is 2.51. The lowest BCUT2D eigenvalue weighted by Crippen LogP contribution is -2.67. The summed E-state index contributed by atoms with van der Waals surface area (Å²) in [7, 11) is 11.9. The summed E-state index contributed by atoms with van der Waals surface area (Å²) in [6.07, 6.45) is -2.61. The van der Waals surface area contributed by atoms with Crippen LogP contribution in [0.5, 0.6) is 0 Å². The first-order valence-corrected chi connectivity index (χ1v) is 10.4. The van der Waals surface area contributed by atoms with Gasteiger partial charge in [0, 0.05) is 41.5 Å². The molecule has 2 rings (SSSR count). The Morgan fingerprint density at radius 1 is 0.667 bits per heavy atom. The smallest absolute Gasteiger partial charge is 0.176 e. The normalized spacial score (nSPS) is 42.4. The highest BCUT2D eigenvalue weighted by Crippen LogP contribution is 2.33. The van der Waals surface area contributed by atoms with Crippen LogP contribution in [0.3, 0.4) is 0 Å². The Bertz CT molecular complexity index is 486. The van der Waals surface area contributed by atoms with Gasteiger partial charge < -0.3 is 48.5 Å². The quantitative estimate of drug-likeness (QED) is 0.445. The standard InChI is InChI=1S/C20H40N2O8/c1-11-12(9-23-4)28-20(14(21-2)16(11)25-6)30-17-13(10-24-5)29-19(27-8)15(22-3)18(17)26-7/h11-22H,9-10H2,1-8H3/t11-,12?,13?,14?,15?,16?,17+,18?,19?,20-/m0/s1. The predicted molar refractivity (Wildman–Crippen MR) is 109 cm³/mol. The van der Waals surface area contributed by atoms with Crippen LogP contribution in [0, 0.1) is 5.92 Å². The highest BCUT2D eigenvalue weighted by atomic mass is 16.7. The Hall–Kier alpha value is -0.400. The SMILES string of the molecule is CNC1C(OC)OC(COC)[C@@H](O[C@@H]2OC(COC)[C@H](C)C(OC)C2NC)C1OC. The number of ether oxygens (including phenoxy) is 8. The molecule has 0 aromatic heterocycles. The van der Waals surface area contributed by atoms with Crippen molar-refractivity contribution in [3.8, 4) is 0 Å². The molecule has 0 bridgehead atoms. The zero-order chi connectivity index (χ0) is 22.3. The molecule has 30 heavy (non-hydrogen) atoms. The van der Waals surface area contributed by atoms with Crippen molar-refractivity contribution in [1.29, 1.82) is 0 Å². The average molecular weight is 437 g/mol. The minimum atomic E-state index is -0.599. The molecule has 10 nitrogen and oxygen atoms in total. The lowest BCUT2D eigenvalue weighted by atomic mass is 9.89. The van der Waals surface area contributed by atoms with Gasteiger partial charge in [0.2, 0.25) is 0 Å². The Balaban J connectivity index is 2.30. The molecule has 2 fully saturated rings. The van der Waals surface area contributed by atoms with Gasteiger partial charge in [0.05, 0.1) is 37.5 Å². The molecular formula is C20H40N2O8. The maximum atomic E-state index is 6.54. The number of rotatable bonds is 11. The second-order valence-corrected chi connectivity index (χ2v) is 7.72. The van der Waals surface area contributed by atoms with E-state index >= 15 is 0 Å². The summed E-state index contributed by atoms with van der Waals surface area (Å²) >= 11 is 0. The van der Waals surface area contributed by atoms with Gasteiger partial charge in [-0.1, -0.05) is 6.92 Å². The van der Waals surface area contributed by atoms with Crippen molar-refractivity contribution in [2.75, 3.05) is 62.9 Å². The van der Waals surface area contributed by atoms with E-state index in [-0.39, 0.29) is 36.3 Å². The average Bonchev–Trinajstić information content (AvgIpc) is 2.75. The van der Waals surface area contributed by atoms with Gasteiger partial charge in [-0.15, -0.1) is 0 Å². The van der Waals surface area contributed by atoms with Crippen molar-refractivity contribution in [1.82, 2.24) is 10.6 Å². The fourth-order valence-corrected chi connectivity index (χ4v) is 4.51. The molecule has 7 unspecified atom stereocenters. The maximum Gasteiger partial charge on any atom is 0.176 e. The van der Waals surface area contributed by atoms with Crippen LogP contribution in [-0.4, -0.2) is 118 Å². The van der Waals surface area contributed by atoms with E-state index in [0.717, 1.165) is 0 Å². The molecule has 0 radical (unpaired) electrons. The van der Waals surface area contributed by atoms with Crippen LogP contribution >= 0.6 is 0 Å². The minimum Gasteiger partial charge on any atom is -0.382 e. The van der Waals surface area contributed by atoms with Gasteiger partial charge in [0.15, 0.2) is 12.6 Å². The molecule has 10 atom stereocenters. The highest BCUT2D eigenvalue weighted by molar-refractivity contribution is 4.98. The number of methoxy groups -OCH3 is 5. The van der Waals surface area contributed by atoms with Crippen LogP contribution in [-0.2, 0) is 37.9 Å². The number of nitrogens with one attached hydrogen (secondary N) is 2. The monoisotopic (exact) mass is 436 g/mol. The van der Waals surface area contributed by atoms with Crippen molar-refractivity contribution >= 4 is 0 Å². The van der Waals surface area contributed by atoms with E-state index in [1.807, 2.05) is 14.1 Å². The van der Waals surface area contributed by atoms with Crippen LogP contribution in [0.1, 0.15) is 6.92 Å². The molecule has 10 heteroatoms. The Morgan fingerprint density at radius 2 is 1.20 bits per heavy atom. The van der Waals surface area contributed by atoms with E-state index in [4.69, 9.17) is 37.9 Å². The van der Waals surface area contributed by atoms with E-state index in [1.165, 1.54) is 0 Å². The Morgan fingerprint density at radius 3 is 1.70 bits per heavy atom. The summed E-state index contributed by atoms with van der Waals surface area (Å²) in [5.74, 6) is 0.116. The van der Waals surface area contributed by atoms with Crippen molar-refractivity contribution in [3.63, 3.8) is 0 Å². The van der Waals surface area contributed by atoms with Crippen molar-refractivity contribution in [2.45, 2.75) is 62.1 Å². The molecule has 0 amide bonds. The van der Waals surface area contributed by atoms with E-state index < -0.39 is 24.8 Å². The van der Waals surface area contributed by atoms with Gasteiger partial charge >= 0.3 is 0 Å². The summed E-state index contributed by atoms with van der Waals surface area (Å²) in [6, 6.07) is -0.423. The molecule has 0 aromatic carbocycles. The first kappa shape index (κ1) is 25.9. The van der Waals surface area contributed by atoms with Crippen LogP contribution in [0.4, 0.5) is 0 Å². The van der Waals surface area contributed by atoms with E-state index in [9.17, 15) is 0 Å². The van der Waals surface area contributed by atoms with Gasteiger partial charge in [-0.25, -0.2) is 0 Å². The second kappa shape index (κ2) is 12.6. The van der Waals surface area contributed by atoms with Gasteiger partial charge in [-0.3, -0.25) is 0 Å². The van der Waals surface area contributed by atoms with Gasteiger partial charge in [0.25, 0.3) is 0 Å². The minimum absolute atomic E-state index is 0.116. The molecule has 2 N–H and O–H groups in total. The number of likely N-dealkylation sites (N-methyl/N-ethyl adjacent to an activating group) is 2. The Labute approximate surface area is 180 Å². The third-order valence-corrected chi connectivity index (χ3v) is 6.10. The van der Waals surface area contributed by atoms with Crippen LogP contribution in [0.15, 0.2) is 0 Å². The molecule has 0 aliphatic carbocycles. The van der Waals surface area contributed by atoms with Crippen LogP contribution in [0.2, 0.25) is 0 Å². The van der Waals surface area contributed by atoms with E-state index in [1.54, 1.807) is 35.5 Å². The molecule has 2 aliphatic rings. The zero-order valence-electron chi connectivity index (χ0n) is 19.5. The topological polar surface area (TPSA) is 97.9 Å². The molecule has 178 valence electrons. The molecule has 2 aliphatic heterocycles. The molecule has 0 saturated carbocycles. The fraction of sp³-hybridized carbons (Fsp3) is 1.00. The van der Waals surface area contributed by atoms with Gasteiger partial charge in [-0.05, 0) is 14.1 Å². The molecule has 2 saturated heterocycles. The van der Waals surface area contributed by atoms with Gasteiger partial charge in [0.1, 0.15) is 18.3 Å². The Kier molecular flexibility index (Phi) is 10.9. The van der Waals surface area contributed by atoms with Crippen molar-refractivity contribution in [2.24, 2.45) is 5.92 Å². The molecular weight excluding hydrogens is 396 g/mol. The van der Waals surface area contributed by atoms with Crippen molar-refractivity contribution < 1.29 is 37.9 Å².